The monoisotopic (exact) mass is 332 g/mol. The molecule has 0 aromatic heterocycles. The van der Waals surface area contributed by atoms with Crippen molar-refractivity contribution in [1.82, 2.24) is 15.3 Å². The SMILES string of the molecule is CCN(CC)CC(=O)NN1CC(=O)N(c2ccc(C)cc2)CC1=O. The Labute approximate surface area is 142 Å². The normalized spacial score (nSPS) is 15.2. The van der Waals surface area contributed by atoms with E-state index in [1.807, 2.05) is 49.9 Å². The number of hydrogen-bond acceptors (Lipinski definition) is 4. The van der Waals surface area contributed by atoms with Gasteiger partial charge < -0.3 is 4.90 Å². The van der Waals surface area contributed by atoms with Crippen LogP contribution in [0.1, 0.15) is 19.4 Å². The van der Waals surface area contributed by atoms with Crippen LogP contribution in [-0.4, -0.2) is 60.4 Å². The second-order valence-electron chi connectivity index (χ2n) is 5.79. The number of anilines is 1. The van der Waals surface area contributed by atoms with Crippen molar-refractivity contribution < 1.29 is 14.4 Å². The minimum Gasteiger partial charge on any atom is -0.301 e. The van der Waals surface area contributed by atoms with Crippen LogP contribution in [0, 0.1) is 6.92 Å². The molecule has 0 aliphatic carbocycles. The van der Waals surface area contributed by atoms with Gasteiger partial charge in [-0.1, -0.05) is 31.5 Å². The number of carbonyl (C=O) groups excluding carboxylic acids is 3. The number of piperazine rings is 1. The van der Waals surface area contributed by atoms with Crippen LogP contribution in [0.4, 0.5) is 5.69 Å². The van der Waals surface area contributed by atoms with Gasteiger partial charge in [-0.15, -0.1) is 0 Å². The summed E-state index contributed by atoms with van der Waals surface area (Å²) in [5, 5.41) is 1.11. The lowest BCUT2D eigenvalue weighted by Crippen LogP contribution is -2.60. The molecule has 0 saturated carbocycles. The second kappa shape index (κ2) is 7.92. The molecule has 7 nitrogen and oxygen atoms in total. The zero-order chi connectivity index (χ0) is 17.7. The Balaban J connectivity index is 1.98. The predicted molar refractivity (Wildman–Crippen MR) is 91.2 cm³/mol. The molecule has 1 saturated heterocycles. The highest BCUT2D eigenvalue weighted by molar-refractivity contribution is 6.05. The molecule has 0 unspecified atom stereocenters. The highest BCUT2D eigenvalue weighted by Crippen LogP contribution is 2.17. The Kier molecular flexibility index (Phi) is 5.92. The molecule has 0 radical (unpaired) electrons. The zero-order valence-corrected chi connectivity index (χ0v) is 14.4. The van der Waals surface area contributed by atoms with E-state index in [0.29, 0.717) is 5.69 Å². The van der Waals surface area contributed by atoms with E-state index >= 15 is 0 Å². The van der Waals surface area contributed by atoms with Crippen LogP contribution >= 0.6 is 0 Å². The molecule has 24 heavy (non-hydrogen) atoms. The van der Waals surface area contributed by atoms with E-state index in [9.17, 15) is 14.4 Å². The summed E-state index contributed by atoms with van der Waals surface area (Å²) in [6, 6.07) is 7.42. The fraction of sp³-hybridized carbons (Fsp3) is 0.471. The van der Waals surface area contributed by atoms with Crippen molar-refractivity contribution in [2.75, 3.05) is 37.6 Å². The number of benzene rings is 1. The summed E-state index contributed by atoms with van der Waals surface area (Å²) in [7, 11) is 0. The summed E-state index contributed by atoms with van der Waals surface area (Å²) < 4.78 is 0. The third-order valence-electron chi connectivity index (χ3n) is 4.06. The van der Waals surface area contributed by atoms with E-state index in [1.54, 1.807) is 0 Å². The number of amides is 3. The zero-order valence-electron chi connectivity index (χ0n) is 14.4. The number of hydrogen-bond donors (Lipinski definition) is 1. The first-order valence-corrected chi connectivity index (χ1v) is 8.13. The van der Waals surface area contributed by atoms with Crippen molar-refractivity contribution in [1.29, 1.82) is 0 Å². The summed E-state index contributed by atoms with van der Waals surface area (Å²) in [4.78, 5) is 40.0. The number of rotatable bonds is 6. The molecule has 7 heteroatoms. The van der Waals surface area contributed by atoms with Crippen molar-refractivity contribution >= 4 is 23.4 Å². The first kappa shape index (κ1) is 17.9. The maximum absolute atomic E-state index is 12.3. The standard InChI is InChI=1S/C17H24N4O3/c1-4-19(5-2)10-15(22)18-21-12-16(23)20(11-17(21)24)14-8-6-13(3)7-9-14/h6-9H,4-5,10-12H2,1-3H3,(H,18,22). The maximum atomic E-state index is 12.3. The lowest BCUT2D eigenvalue weighted by Gasteiger charge is -2.34. The van der Waals surface area contributed by atoms with E-state index in [4.69, 9.17) is 0 Å². The van der Waals surface area contributed by atoms with Crippen LogP contribution in [0.15, 0.2) is 24.3 Å². The molecule has 1 aliphatic rings. The summed E-state index contributed by atoms with van der Waals surface area (Å²) >= 11 is 0. The van der Waals surface area contributed by atoms with E-state index in [2.05, 4.69) is 5.43 Å². The van der Waals surface area contributed by atoms with Gasteiger partial charge >= 0.3 is 0 Å². The minimum atomic E-state index is -0.303. The number of likely N-dealkylation sites (N-methyl/N-ethyl adjacent to an activating group) is 1. The molecule has 1 fully saturated rings. The maximum Gasteiger partial charge on any atom is 0.261 e. The molecule has 130 valence electrons. The van der Waals surface area contributed by atoms with Crippen LogP contribution in [-0.2, 0) is 14.4 Å². The van der Waals surface area contributed by atoms with Gasteiger partial charge in [0.15, 0.2) is 0 Å². The van der Waals surface area contributed by atoms with Gasteiger partial charge in [0.2, 0.25) is 5.91 Å². The van der Waals surface area contributed by atoms with Gasteiger partial charge in [-0.2, -0.15) is 0 Å². The Morgan fingerprint density at radius 3 is 2.29 bits per heavy atom. The molecule has 1 N–H and O–H groups in total. The lowest BCUT2D eigenvalue weighted by molar-refractivity contribution is -0.146. The number of nitrogens with zero attached hydrogens (tertiary/aromatic N) is 3. The summed E-state index contributed by atoms with van der Waals surface area (Å²) in [6.07, 6.45) is 0. The van der Waals surface area contributed by atoms with Crippen LogP contribution in [0.5, 0.6) is 0 Å². The second-order valence-corrected chi connectivity index (χ2v) is 5.79. The Morgan fingerprint density at radius 2 is 1.71 bits per heavy atom. The number of nitrogens with one attached hydrogen (secondary N) is 1. The van der Waals surface area contributed by atoms with Gasteiger partial charge in [0.05, 0.1) is 6.54 Å². The Morgan fingerprint density at radius 1 is 1.08 bits per heavy atom. The average Bonchev–Trinajstić information content (AvgIpc) is 2.56. The molecule has 1 aliphatic heterocycles. The molecule has 1 aromatic rings. The van der Waals surface area contributed by atoms with Gasteiger partial charge in [0.25, 0.3) is 11.8 Å². The van der Waals surface area contributed by atoms with Gasteiger partial charge in [0, 0.05) is 5.69 Å². The molecule has 2 rings (SSSR count). The molecule has 0 atom stereocenters. The van der Waals surface area contributed by atoms with E-state index in [-0.39, 0.29) is 37.4 Å². The van der Waals surface area contributed by atoms with E-state index < -0.39 is 0 Å². The van der Waals surface area contributed by atoms with Crippen LogP contribution in [0.2, 0.25) is 0 Å². The smallest absolute Gasteiger partial charge is 0.261 e. The van der Waals surface area contributed by atoms with Crippen LogP contribution in [0.3, 0.4) is 0 Å². The number of hydrazine groups is 1. The molecule has 3 amide bonds. The third-order valence-corrected chi connectivity index (χ3v) is 4.06. The first-order valence-electron chi connectivity index (χ1n) is 8.13. The molecule has 1 aromatic carbocycles. The van der Waals surface area contributed by atoms with Crippen LogP contribution < -0.4 is 10.3 Å². The van der Waals surface area contributed by atoms with E-state index in [1.165, 1.54) is 4.90 Å². The van der Waals surface area contributed by atoms with Crippen molar-refractivity contribution in [3.63, 3.8) is 0 Å². The third kappa shape index (κ3) is 4.32. The molecular weight excluding hydrogens is 308 g/mol. The minimum absolute atomic E-state index is 0.0759. The summed E-state index contributed by atoms with van der Waals surface area (Å²) in [5.74, 6) is -0.812. The highest BCUT2D eigenvalue weighted by atomic mass is 16.2. The lowest BCUT2D eigenvalue weighted by atomic mass is 10.2. The highest BCUT2D eigenvalue weighted by Gasteiger charge is 2.32. The van der Waals surface area contributed by atoms with Crippen molar-refractivity contribution in [2.45, 2.75) is 20.8 Å². The first-order chi connectivity index (χ1) is 11.4. The van der Waals surface area contributed by atoms with Gasteiger partial charge in [-0.05, 0) is 32.1 Å². The average molecular weight is 332 g/mol. The number of aryl methyl sites for hydroxylation is 1. The predicted octanol–water partition coefficient (Wildman–Crippen LogP) is 0.543. The molecule has 1 heterocycles. The molecule has 0 spiro atoms. The number of carbonyl (C=O) groups is 3. The molecule has 0 bridgehead atoms. The fourth-order valence-electron chi connectivity index (χ4n) is 2.52. The van der Waals surface area contributed by atoms with Gasteiger partial charge in [-0.3, -0.25) is 24.7 Å². The van der Waals surface area contributed by atoms with Crippen molar-refractivity contribution in [2.24, 2.45) is 0 Å². The van der Waals surface area contributed by atoms with Gasteiger partial charge in [-0.25, -0.2) is 5.01 Å². The quantitative estimate of drug-likeness (QED) is 0.825. The largest absolute Gasteiger partial charge is 0.301 e. The van der Waals surface area contributed by atoms with Crippen LogP contribution in [0.25, 0.3) is 0 Å². The fourth-order valence-corrected chi connectivity index (χ4v) is 2.52. The Bertz CT molecular complexity index is 611. The molecular formula is C17H24N4O3. The topological polar surface area (TPSA) is 73.0 Å². The van der Waals surface area contributed by atoms with Gasteiger partial charge in [0.1, 0.15) is 13.1 Å². The Hall–Kier alpha value is -2.41. The van der Waals surface area contributed by atoms with Crippen molar-refractivity contribution in [3.8, 4) is 0 Å². The van der Waals surface area contributed by atoms with E-state index in [0.717, 1.165) is 23.7 Å². The summed E-state index contributed by atoms with van der Waals surface area (Å²) in [6.45, 7) is 7.35. The summed E-state index contributed by atoms with van der Waals surface area (Å²) in [5.41, 5.74) is 4.31. The van der Waals surface area contributed by atoms with Crippen molar-refractivity contribution in [3.05, 3.63) is 29.8 Å².